The lowest BCUT2D eigenvalue weighted by Gasteiger charge is -2.14. The van der Waals surface area contributed by atoms with Crippen LogP contribution in [0.3, 0.4) is 0 Å². The second-order valence-electron chi connectivity index (χ2n) is 5.62. The average molecular weight is 282 g/mol. The lowest BCUT2D eigenvalue weighted by atomic mass is 9.90. The number of carbonyl (C=O) groups excluding carboxylic acids is 1. The van der Waals surface area contributed by atoms with Crippen molar-refractivity contribution in [3.05, 3.63) is 65.7 Å². The zero-order valence-corrected chi connectivity index (χ0v) is 12.9. The molecule has 2 rings (SSSR count). The minimum Gasteiger partial charge on any atom is -0.489 e. The molecule has 0 amide bonds. The van der Waals surface area contributed by atoms with Crippen LogP contribution in [0, 0.1) is 5.92 Å². The van der Waals surface area contributed by atoms with Gasteiger partial charge in [-0.1, -0.05) is 63.2 Å². The Balaban J connectivity index is 1.97. The van der Waals surface area contributed by atoms with Gasteiger partial charge in [-0.05, 0) is 23.3 Å². The van der Waals surface area contributed by atoms with Gasteiger partial charge in [-0.15, -0.1) is 0 Å². The molecule has 0 fully saturated rings. The topological polar surface area (TPSA) is 26.3 Å². The van der Waals surface area contributed by atoms with Gasteiger partial charge in [0, 0.05) is 11.8 Å². The Hall–Kier alpha value is -2.09. The van der Waals surface area contributed by atoms with E-state index in [2.05, 4.69) is 0 Å². The lowest BCUT2D eigenvalue weighted by molar-refractivity contribution is -0.123. The Morgan fingerprint density at radius 2 is 1.57 bits per heavy atom. The maximum absolute atomic E-state index is 12.0. The molecule has 0 saturated heterocycles. The van der Waals surface area contributed by atoms with Gasteiger partial charge in [-0.2, -0.15) is 0 Å². The van der Waals surface area contributed by atoms with E-state index in [9.17, 15) is 4.79 Å². The summed E-state index contributed by atoms with van der Waals surface area (Å²) >= 11 is 0. The molecule has 0 aliphatic heterocycles. The number of ketones is 1. The first-order valence-corrected chi connectivity index (χ1v) is 7.38. The highest BCUT2D eigenvalue weighted by molar-refractivity contribution is 5.86. The van der Waals surface area contributed by atoms with E-state index in [0.717, 1.165) is 16.9 Å². The average Bonchev–Trinajstić information content (AvgIpc) is 2.53. The highest BCUT2D eigenvalue weighted by Crippen LogP contribution is 2.23. The van der Waals surface area contributed by atoms with E-state index < -0.39 is 0 Å². The Morgan fingerprint density at radius 1 is 0.952 bits per heavy atom. The molecule has 2 heteroatoms. The molecule has 2 aromatic carbocycles. The number of rotatable bonds is 6. The molecule has 0 heterocycles. The van der Waals surface area contributed by atoms with E-state index in [1.807, 2.05) is 75.4 Å². The molecule has 21 heavy (non-hydrogen) atoms. The summed E-state index contributed by atoms with van der Waals surface area (Å²) in [6.07, 6.45) is 0. The van der Waals surface area contributed by atoms with Gasteiger partial charge in [0.2, 0.25) is 0 Å². The number of hydrogen-bond acceptors (Lipinski definition) is 2. The summed E-state index contributed by atoms with van der Waals surface area (Å²) < 4.78 is 5.75. The lowest BCUT2D eigenvalue weighted by Crippen LogP contribution is -2.15. The fourth-order valence-electron chi connectivity index (χ4n) is 2.26. The molecule has 0 radical (unpaired) electrons. The highest BCUT2D eigenvalue weighted by Gasteiger charge is 2.17. The summed E-state index contributed by atoms with van der Waals surface area (Å²) in [5.41, 5.74) is 2.19. The van der Waals surface area contributed by atoms with Gasteiger partial charge < -0.3 is 4.74 Å². The van der Waals surface area contributed by atoms with Crippen molar-refractivity contribution in [3.63, 3.8) is 0 Å². The van der Waals surface area contributed by atoms with Crippen LogP contribution in [0.15, 0.2) is 54.6 Å². The van der Waals surface area contributed by atoms with Gasteiger partial charge in [-0.3, -0.25) is 4.79 Å². The number of Topliss-reactive ketones (excluding diaryl/α,β-unsaturated/α-hetero) is 1. The third kappa shape index (κ3) is 4.19. The quantitative estimate of drug-likeness (QED) is 0.774. The summed E-state index contributed by atoms with van der Waals surface area (Å²) in [5, 5.41) is 0. The SMILES string of the molecule is CC(C)C(=O)C(C)c1ccc(OCc2ccccc2)cc1. The van der Waals surface area contributed by atoms with Crippen LogP contribution in [0.5, 0.6) is 5.75 Å². The molecule has 0 bridgehead atoms. The molecule has 1 atom stereocenters. The van der Waals surface area contributed by atoms with E-state index in [-0.39, 0.29) is 17.6 Å². The normalized spacial score (nSPS) is 12.2. The van der Waals surface area contributed by atoms with E-state index in [1.54, 1.807) is 0 Å². The van der Waals surface area contributed by atoms with Crippen LogP contribution in [0.4, 0.5) is 0 Å². The van der Waals surface area contributed by atoms with Crippen LogP contribution in [-0.4, -0.2) is 5.78 Å². The monoisotopic (exact) mass is 282 g/mol. The number of ether oxygens (including phenoxy) is 1. The summed E-state index contributed by atoms with van der Waals surface area (Å²) in [6.45, 7) is 6.40. The maximum Gasteiger partial charge on any atom is 0.142 e. The first-order valence-electron chi connectivity index (χ1n) is 7.38. The molecule has 0 spiro atoms. The van der Waals surface area contributed by atoms with Crippen molar-refractivity contribution in [3.8, 4) is 5.75 Å². The summed E-state index contributed by atoms with van der Waals surface area (Å²) in [6, 6.07) is 17.9. The molecular weight excluding hydrogens is 260 g/mol. The fourth-order valence-corrected chi connectivity index (χ4v) is 2.26. The molecule has 0 aliphatic rings. The van der Waals surface area contributed by atoms with Gasteiger partial charge in [-0.25, -0.2) is 0 Å². The zero-order chi connectivity index (χ0) is 15.2. The smallest absolute Gasteiger partial charge is 0.142 e. The van der Waals surface area contributed by atoms with E-state index in [0.29, 0.717) is 6.61 Å². The first kappa shape index (κ1) is 15.3. The van der Waals surface area contributed by atoms with Gasteiger partial charge in [0.25, 0.3) is 0 Å². The maximum atomic E-state index is 12.0. The highest BCUT2D eigenvalue weighted by atomic mass is 16.5. The van der Waals surface area contributed by atoms with Crippen molar-refractivity contribution in [2.75, 3.05) is 0 Å². The van der Waals surface area contributed by atoms with Crippen LogP contribution in [-0.2, 0) is 11.4 Å². The minimum absolute atomic E-state index is 0.0619. The van der Waals surface area contributed by atoms with Crippen molar-refractivity contribution in [1.82, 2.24) is 0 Å². The van der Waals surface area contributed by atoms with E-state index in [1.165, 1.54) is 0 Å². The second-order valence-corrected chi connectivity index (χ2v) is 5.62. The van der Waals surface area contributed by atoms with Gasteiger partial charge >= 0.3 is 0 Å². The largest absolute Gasteiger partial charge is 0.489 e. The Labute approximate surface area is 126 Å². The molecule has 1 unspecified atom stereocenters. The second kappa shape index (κ2) is 7.07. The summed E-state index contributed by atoms with van der Waals surface area (Å²) in [4.78, 5) is 12.0. The van der Waals surface area contributed by atoms with Crippen LogP contribution in [0.25, 0.3) is 0 Å². The summed E-state index contributed by atoms with van der Waals surface area (Å²) in [5.74, 6) is 1.10. The van der Waals surface area contributed by atoms with Gasteiger partial charge in [0.05, 0.1) is 0 Å². The van der Waals surface area contributed by atoms with Gasteiger partial charge in [0.1, 0.15) is 18.1 Å². The van der Waals surface area contributed by atoms with Crippen molar-refractivity contribution in [1.29, 1.82) is 0 Å². The predicted octanol–water partition coefficient (Wildman–Crippen LogP) is 4.59. The van der Waals surface area contributed by atoms with Crippen molar-refractivity contribution in [2.45, 2.75) is 33.3 Å². The summed E-state index contributed by atoms with van der Waals surface area (Å²) in [7, 11) is 0. The van der Waals surface area contributed by atoms with Gasteiger partial charge in [0.15, 0.2) is 0 Å². The third-order valence-electron chi connectivity index (χ3n) is 3.62. The molecule has 0 aliphatic carbocycles. The molecule has 2 aromatic rings. The van der Waals surface area contributed by atoms with E-state index >= 15 is 0 Å². The molecule has 2 nitrogen and oxygen atoms in total. The van der Waals surface area contributed by atoms with Crippen molar-refractivity contribution < 1.29 is 9.53 Å². The standard InChI is InChI=1S/C19H22O2/c1-14(2)19(20)15(3)17-9-11-18(12-10-17)21-13-16-7-5-4-6-8-16/h4-12,14-15H,13H2,1-3H3. The molecule has 0 aromatic heterocycles. The molecule has 110 valence electrons. The first-order chi connectivity index (χ1) is 10.1. The molecule has 0 saturated carbocycles. The van der Waals surface area contributed by atoms with Crippen LogP contribution in [0.2, 0.25) is 0 Å². The number of benzene rings is 2. The van der Waals surface area contributed by atoms with Crippen molar-refractivity contribution in [2.24, 2.45) is 5.92 Å². The zero-order valence-electron chi connectivity index (χ0n) is 12.9. The van der Waals surface area contributed by atoms with E-state index in [4.69, 9.17) is 4.74 Å². The van der Waals surface area contributed by atoms with Crippen LogP contribution < -0.4 is 4.74 Å². The molecule has 0 N–H and O–H groups in total. The Kier molecular flexibility index (Phi) is 5.15. The third-order valence-corrected chi connectivity index (χ3v) is 3.62. The predicted molar refractivity (Wildman–Crippen MR) is 85.5 cm³/mol. The van der Waals surface area contributed by atoms with Crippen LogP contribution in [0.1, 0.15) is 37.8 Å². The Morgan fingerprint density at radius 3 is 2.14 bits per heavy atom. The Bertz CT molecular complexity index is 570. The minimum atomic E-state index is -0.0619. The fraction of sp³-hybridized carbons (Fsp3) is 0.316. The van der Waals surface area contributed by atoms with Crippen molar-refractivity contribution >= 4 is 5.78 Å². The number of hydrogen-bond donors (Lipinski definition) is 0. The van der Waals surface area contributed by atoms with Crippen LogP contribution >= 0.6 is 0 Å². The number of carbonyl (C=O) groups is 1. The molecular formula is C19H22O2.